The van der Waals surface area contributed by atoms with Crippen LogP contribution in [0, 0.1) is 5.92 Å². The van der Waals surface area contributed by atoms with E-state index in [0.717, 1.165) is 0 Å². The van der Waals surface area contributed by atoms with Crippen LogP contribution >= 0.6 is 7.82 Å². The zero-order valence-corrected chi connectivity index (χ0v) is 9.57. The summed E-state index contributed by atoms with van der Waals surface area (Å²) < 4.78 is 27.4. The van der Waals surface area contributed by atoms with E-state index in [4.69, 9.17) is 13.6 Å². The second-order valence-corrected chi connectivity index (χ2v) is 5.28. The van der Waals surface area contributed by atoms with E-state index in [1.165, 1.54) is 0 Å². The largest absolute Gasteiger partial charge is 0.587 e. The van der Waals surface area contributed by atoms with Gasteiger partial charge in [-0.1, -0.05) is 26.0 Å². The molecule has 0 saturated carbocycles. The summed E-state index contributed by atoms with van der Waals surface area (Å²) in [6, 6.07) is 6.99. The van der Waals surface area contributed by atoms with Gasteiger partial charge in [0.1, 0.15) is 0 Å². The zero-order valence-electron chi connectivity index (χ0n) is 8.67. The molecule has 0 N–H and O–H groups in total. The first-order chi connectivity index (χ1) is 7.09. The minimum atomic E-state index is -3.41. The minimum Gasteiger partial charge on any atom is -0.391 e. The fourth-order valence-electron chi connectivity index (χ4n) is 1.15. The highest BCUT2D eigenvalue weighted by molar-refractivity contribution is 7.49. The number of fused-ring (bicyclic) bond motifs is 1. The first kappa shape index (κ1) is 10.5. The summed E-state index contributed by atoms with van der Waals surface area (Å²) in [6.07, 6.45) is 0. The molecule has 0 spiro atoms. The van der Waals surface area contributed by atoms with Crippen LogP contribution in [0.15, 0.2) is 24.3 Å². The maximum absolute atomic E-state index is 11.9. The molecule has 4 nitrogen and oxygen atoms in total. The van der Waals surface area contributed by atoms with Crippen molar-refractivity contribution < 1.29 is 18.1 Å². The Hall–Kier alpha value is -0.990. The number of para-hydroxylation sites is 2. The van der Waals surface area contributed by atoms with Crippen molar-refractivity contribution in [1.82, 2.24) is 0 Å². The molecule has 1 aromatic carbocycles. The Kier molecular flexibility index (Phi) is 2.72. The molecule has 1 aliphatic rings. The highest BCUT2D eigenvalue weighted by Crippen LogP contribution is 2.58. The number of hydrogen-bond donors (Lipinski definition) is 0. The van der Waals surface area contributed by atoms with E-state index in [1.54, 1.807) is 24.3 Å². The highest BCUT2D eigenvalue weighted by Gasteiger charge is 2.38. The van der Waals surface area contributed by atoms with Crippen molar-refractivity contribution in [3.63, 3.8) is 0 Å². The van der Waals surface area contributed by atoms with Crippen LogP contribution in [-0.4, -0.2) is 6.61 Å². The lowest BCUT2D eigenvalue weighted by Crippen LogP contribution is -2.04. The Morgan fingerprint density at radius 1 is 1.27 bits per heavy atom. The van der Waals surface area contributed by atoms with Crippen LogP contribution in [0.1, 0.15) is 13.8 Å². The lowest BCUT2D eigenvalue weighted by atomic mass is 10.2. The Labute approximate surface area is 88.8 Å². The highest BCUT2D eigenvalue weighted by atomic mass is 31.2. The van der Waals surface area contributed by atoms with Gasteiger partial charge in [-0.05, 0) is 18.1 Å². The van der Waals surface area contributed by atoms with Crippen molar-refractivity contribution in [2.24, 2.45) is 5.92 Å². The van der Waals surface area contributed by atoms with Gasteiger partial charge in [-0.15, -0.1) is 0 Å². The number of hydrogen-bond acceptors (Lipinski definition) is 4. The van der Waals surface area contributed by atoms with Gasteiger partial charge in [-0.25, -0.2) is 4.57 Å². The Bertz CT molecular complexity index is 373. The molecule has 5 heteroatoms. The maximum atomic E-state index is 11.9. The van der Waals surface area contributed by atoms with E-state index in [9.17, 15) is 4.57 Å². The van der Waals surface area contributed by atoms with E-state index < -0.39 is 7.82 Å². The second-order valence-electron chi connectivity index (χ2n) is 3.77. The molecule has 0 amide bonds. The van der Waals surface area contributed by atoms with E-state index in [2.05, 4.69) is 0 Å². The topological polar surface area (TPSA) is 44.8 Å². The maximum Gasteiger partial charge on any atom is 0.587 e. The first-order valence-electron chi connectivity index (χ1n) is 4.82. The van der Waals surface area contributed by atoms with E-state index in [1.807, 2.05) is 13.8 Å². The zero-order chi connectivity index (χ0) is 10.9. The van der Waals surface area contributed by atoms with Gasteiger partial charge < -0.3 is 9.05 Å². The summed E-state index contributed by atoms with van der Waals surface area (Å²) in [4.78, 5) is 0. The van der Waals surface area contributed by atoms with Crippen molar-refractivity contribution in [2.45, 2.75) is 13.8 Å². The number of benzene rings is 1. The first-order valence-corrected chi connectivity index (χ1v) is 6.28. The summed E-state index contributed by atoms with van der Waals surface area (Å²) in [5, 5.41) is 0. The molecule has 1 aromatic rings. The standard InChI is InChI=1S/C10H13O4P/c1-8(2)7-12-15(11)13-9-5-3-4-6-10(9)14-15/h3-6,8H,7H2,1-2H3. The van der Waals surface area contributed by atoms with Crippen molar-refractivity contribution in [1.29, 1.82) is 0 Å². The monoisotopic (exact) mass is 228 g/mol. The molecule has 15 heavy (non-hydrogen) atoms. The van der Waals surface area contributed by atoms with E-state index in [0.29, 0.717) is 18.1 Å². The van der Waals surface area contributed by atoms with Gasteiger partial charge in [0.25, 0.3) is 0 Å². The molecule has 82 valence electrons. The van der Waals surface area contributed by atoms with Gasteiger partial charge in [0.15, 0.2) is 11.5 Å². The van der Waals surface area contributed by atoms with Gasteiger partial charge >= 0.3 is 7.82 Å². The molecule has 0 atom stereocenters. The van der Waals surface area contributed by atoms with Crippen LogP contribution < -0.4 is 9.05 Å². The molecule has 0 radical (unpaired) electrons. The molecule has 0 aliphatic carbocycles. The van der Waals surface area contributed by atoms with Crippen LogP contribution in [0.4, 0.5) is 0 Å². The molecule has 2 rings (SSSR count). The average Bonchev–Trinajstić information content (AvgIpc) is 2.52. The van der Waals surface area contributed by atoms with Crippen LogP contribution in [0.2, 0.25) is 0 Å². The predicted molar refractivity (Wildman–Crippen MR) is 56.1 cm³/mol. The van der Waals surface area contributed by atoms with Gasteiger partial charge in [-0.3, -0.25) is 4.52 Å². The Balaban J connectivity index is 2.08. The van der Waals surface area contributed by atoms with E-state index in [-0.39, 0.29) is 5.92 Å². The Morgan fingerprint density at radius 3 is 2.27 bits per heavy atom. The minimum absolute atomic E-state index is 0.284. The summed E-state index contributed by atoms with van der Waals surface area (Å²) in [5.74, 6) is 1.24. The third-order valence-electron chi connectivity index (χ3n) is 1.84. The van der Waals surface area contributed by atoms with Gasteiger partial charge in [0.2, 0.25) is 0 Å². The summed E-state index contributed by atoms with van der Waals surface area (Å²) in [7, 11) is -3.41. The van der Waals surface area contributed by atoms with Gasteiger partial charge in [0.05, 0.1) is 6.61 Å². The number of rotatable bonds is 3. The SMILES string of the molecule is CC(C)COP1(=O)Oc2ccccc2O1. The van der Waals surface area contributed by atoms with Crippen molar-refractivity contribution in [3.05, 3.63) is 24.3 Å². The third kappa shape index (κ3) is 2.33. The number of phosphoric acid groups is 1. The molecule has 1 aliphatic heterocycles. The quantitative estimate of drug-likeness (QED) is 0.745. The summed E-state index contributed by atoms with van der Waals surface area (Å²) in [5.41, 5.74) is 0. The molecule has 0 aromatic heterocycles. The summed E-state index contributed by atoms with van der Waals surface area (Å²) in [6.45, 7) is 4.29. The normalized spacial score (nSPS) is 17.0. The molecular formula is C10H13O4P. The smallest absolute Gasteiger partial charge is 0.391 e. The second kappa shape index (κ2) is 3.87. The van der Waals surface area contributed by atoms with Crippen molar-refractivity contribution in [2.75, 3.05) is 6.61 Å². The van der Waals surface area contributed by atoms with Crippen LogP contribution in [-0.2, 0) is 9.09 Å². The molecule has 0 unspecified atom stereocenters. The number of phosphoric ester groups is 1. The Morgan fingerprint density at radius 2 is 1.80 bits per heavy atom. The molecular weight excluding hydrogens is 215 g/mol. The van der Waals surface area contributed by atoms with Crippen LogP contribution in [0.25, 0.3) is 0 Å². The molecule has 0 saturated heterocycles. The summed E-state index contributed by atoms with van der Waals surface area (Å²) >= 11 is 0. The lowest BCUT2D eigenvalue weighted by molar-refractivity contribution is 0.203. The van der Waals surface area contributed by atoms with Gasteiger partial charge in [0, 0.05) is 0 Å². The van der Waals surface area contributed by atoms with Crippen molar-refractivity contribution >= 4 is 7.82 Å². The van der Waals surface area contributed by atoms with Crippen molar-refractivity contribution in [3.8, 4) is 11.5 Å². The van der Waals surface area contributed by atoms with E-state index >= 15 is 0 Å². The predicted octanol–water partition coefficient (Wildman–Crippen LogP) is 3.24. The fourth-order valence-corrected chi connectivity index (χ4v) is 2.56. The fraction of sp³-hybridized carbons (Fsp3) is 0.400. The third-order valence-corrected chi connectivity index (χ3v) is 3.14. The van der Waals surface area contributed by atoms with Crippen LogP contribution in [0.3, 0.4) is 0 Å². The van der Waals surface area contributed by atoms with Crippen LogP contribution in [0.5, 0.6) is 11.5 Å². The molecule has 0 fully saturated rings. The van der Waals surface area contributed by atoms with Gasteiger partial charge in [-0.2, -0.15) is 0 Å². The molecule has 0 bridgehead atoms. The lowest BCUT2D eigenvalue weighted by Gasteiger charge is -2.11. The molecule has 1 heterocycles. The average molecular weight is 228 g/mol.